The number of nitrogens with one attached hydrogen (secondary N) is 1. The third kappa shape index (κ3) is 4.53. The van der Waals surface area contributed by atoms with E-state index in [0.29, 0.717) is 12.2 Å². The van der Waals surface area contributed by atoms with E-state index in [1.54, 1.807) is 11.3 Å². The van der Waals surface area contributed by atoms with E-state index < -0.39 is 0 Å². The molecule has 2 heterocycles. The molecule has 3 aromatic rings. The van der Waals surface area contributed by atoms with Gasteiger partial charge in [-0.15, -0.1) is 23.1 Å². The fourth-order valence-electron chi connectivity index (χ4n) is 2.69. The molecule has 0 spiro atoms. The SMILES string of the molecule is O=C(CSC1=Nc2ccccc2N=C(c2cccs2)C1)Nc1ccccc1. The van der Waals surface area contributed by atoms with E-state index in [4.69, 9.17) is 9.98 Å². The molecule has 6 heteroatoms. The van der Waals surface area contributed by atoms with Crippen molar-refractivity contribution in [1.29, 1.82) is 0 Å². The van der Waals surface area contributed by atoms with Crippen LogP contribution >= 0.6 is 23.1 Å². The van der Waals surface area contributed by atoms with Gasteiger partial charge < -0.3 is 5.32 Å². The van der Waals surface area contributed by atoms with Crippen LogP contribution in [-0.4, -0.2) is 22.4 Å². The van der Waals surface area contributed by atoms with Gasteiger partial charge in [0, 0.05) is 17.0 Å². The summed E-state index contributed by atoms with van der Waals surface area (Å²) in [4.78, 5) is 23.0. The van der Waals surface area contributed by atoms with Crippen LogP contribution in [0.5, 0.6) is 0 Å². The molecule has 0 aliphatic carbocycles. The molecule has 27 heavy (non-hydrogen) atoms. The Morgan fingerprint density at radius 3 is 2.44 bits per heavy atom. The molecule has 0 fully saturated rings. The first-order valence-electron chi connectivity index (χ1n) is 8.54. The number of aliphatic imine (C=N–C) groups is 2. The summed E-state index contributed by atoms with van der Waals surface area (Å²) >= 11 is 3.13. The van der Waals surface area contributed by atoms with Gasteiger partial charge in [-0.3, -0.25) is 4.79 Å². The lowest BCUT2D eigenvalue weighted by Crippen LogP contribution is -2.16. The molecule has 0 bridgehead atoms. The largest absolute Gasteiger partial charge is 0.325 e. The van der Waals surface area contributed by atoms with Crippen molar-refractivity contribution in [3.63, 3.8) is 0 Å². The van der Waals surface area contributed by atoms with Gasteiger partial charge in [0.15, 0.2) is 0 Å². The van der Waals surface area contributed by atoms with Crippen molar-refractivity contribution >= 4 is 56.8 Å². The second kappa shape index (κ2) is 8.33. The molecule has 0 atom stereocenters. The van der Waals surface area contributed by atoms with Gasteiger partial charge in [-0.05, 0) is 35.7 Å². The Bertz CT molecular complexity index is 995. The van der Waals surface area contributed by atoms with Crippen molar-refractivity contribution in [2.75, 3.05) is 11.1 Å². The summed E-state index contributed by atoms with van der Waals surface area (Å²) < 4.78 is 0. The molecule has 1 aliphatic heterocycles. The minimum absolute atomic E-state index is 0.0407. The summed E-state index contributed by atoms with van der Waals surface area (Å²) in [6.45, 7) is 0. The van der Waals surface area contributed by atoms with E-state index in [0.717, 1.165) is 32.7 Å². The molecule has 1 amide bonds. The fraction of sp³-hybridized carbons (Fsp3) is 0.0952. The molecule has 2 aromatic carbocycles. The predicted octanol–water partition coefficient (Wildman–Crippen LogP) is 5.67. The molecule has 0 radical (unpaired) electrons. The highest BCUT2D eigenvalue weighted by molar-refractivity contribution is 8.14. The highest BCUT2D eigenvalue weighted by atomic mass is 32.2. The van der Waals surface area contributed by atoms with Crippen LogP contribution < -0.4 is 5.32 Å². The Labute approximate surface area is 166 Å². The van der Waals surface area contributed by atoms with Crippen LogP contribution in [0.2, 0.25) is 0 Å². The number of thioether (sulfide) groups is 1. The topological polar surface area (TPSA) is 53.8 Å². The molecule has 0 saturated heterocycles. The van der Waals surface area contributed by atoms with Gasteiger partial charge >= 0.3 is 0 Å². The molecule has 134 valence electrons. The van der Waals surface area contributed by atoms with Gasteiger partial charge in [0.2, 0.25) is 5.91 Å². The number of nitrogens with zero attached hydrogens (tertiary/aromatic N) is 2. The van der Waals surface area contributed by atoms with Gasteiger partial charge in [-0.25, -0.2) is 9.98 Å². The first-order valence-corrected chi connectivity index (χ1v) is 10.4. The van der Waals surface area contributed by atoms with Gasteiger partial charge in [-0.1, -0.05) is 36.4 Å². The number of hydrogen-bond acceptors (Lipinski definition) is 5. The van der Waals surface area contributed by atoms with E-state index in [1.807, 2.05) is 66.0 Å². The Balaban J connectivity index is 1.51. The van der Waals surface area contributed by atoms with E-state index in [9.17, 15) is 4.79 Å². The zero-order valence-electron chi connectivity index (χ0n) is 14.5. The normalized spacial score (nSPS) is 13.2. The second-order valence-electron chi connectivity index (χ2n) is 5.91. The quantitative estimate of drug-likeness (QED) is 0.622. The van der Waals surface area contributed by atoms with Gasteiger partial charge in [-0.2, -0.15) is 0 Å². The number of carbonyl (C=O) groups is 1. The molecular weight excluding hydrogens is 374 g/mol. The van der Waals surface area contributed by atoms with Crippen molar-refractivity contribution in [3.05, 3.63) is 77.0 Å². The van der Waals surface area contributed by atoms with E-state index in [-0.39, 0.29) is 5.91 Å². The number of rotatable bonds is 4. The maximum absolute atomic E-state index is 12.3. The molecule has 4 rings (SSSR count). The van der Waals surface area contributed by atoms with Gasteiger partial charge in [0.25, 0.3) is 0 Å². The highest BCUT2D eigenvalue weighted by Gasteiger charge is 2.17. The molecule has 4 nitrogen and oxygen atoms in total. The number of thiophene rings is 1. The maximum Gasteiger partial charge on any atom is 0.234 e. The van der Waals surface area contributed by atoms with E-state index in [1.165, 1.54) is 11.8 Å². The van der Waals surface area contributed by atoms with Crippen LogP contribution in [0.15, 0.2) is 82.1 Å². The molecule has 0 saturated carbocycles. The molecule has 0 unspecified atom stereocenters. The second-order valence-corrected chi connectivity index (χ2v) is 7.91. The summed E-state index contributed by atoms with van der Waals surface area (Å²) in [5, 5.41) is 5.86. The van der Waals surface area contributed by atoms with Crippen molar-refractivity contribution in [2.24, 2.45) is 9.98 Å². The summed E-state index contributed by atoms with van der Waals surface area (Å²) in [7, 11) is 0. The lowest BCUT2D eigenvalue weighted by atomic mass is 10.2. The molecule has 1 N–H and O–H groups in total. The summed E-state index contributed by atoms with van der Waals surface area (Å²) in [5.41, 5.74) is 3.50. The Hall–Kier alpha value is -2.70. The summed E-state index contributed by atoms with van der Waals surface area (Å²) in [5.74, 6) is 0.272. The average molecular weight is 392 g/mol. The zero-order chi connectivity index (χ0) is 18.5. The molecular formula is C21H17N3OS2. The minimum Gasteiger partial charge on any atom is -0.325 e. The Morgan fingerprint density at radius 2 is 1.70 bits per heavy atom. The fourth-order valence-corrected chi connectivity index (χ4v) is 4.18. The van der Waals surface area contributed by atoms with Crippen molar-refractivity contribution in [2.45, 2.75) is 6.42 Å². The van der Waals surface area contributed by atoms with E-state index >= 15 is 0 Å². The first kappa shape index (κ1) is 17.7. The summed E-state index contributed by atoms with van der Waals surface area (Å²) in [6.07, 6.45) is 0.623. The molecule has 1 aromatic heterocycles. The lowest BCUT2D eigenvalue weighted by Gasteiger charge is -2.07. The standard InChI is InChI=1S/C21H17N3OS2/c25-20(22-15-7-2-1-3-8-15)14-27-21-13-18(19-11-6-12-26-19)23-16-9-4-5-10-17(16)24-21/h1-12H,13-14H2,(H,22,25). The number of carbonyl (C=O) groups excluding carboxylic acids is 1. The first-order chi connectivity index (χ1) is 13.3. The van der Waals surface area contributed by atoms with E-state index in [2.05, 4.69) is 11.4 Å². The van der Waals surface area contributed by atoms with Crippen LogP contribution in [-0.2, 0) is 4.79 Å². The monoisotopic (exact) mass is 391 g/mol. The number of anilines is 1. The van der Waals surface area contributed by atoms with Gasteiger partial charge in [0.1, 0.15) is 0 Å². The van der Waals surface area contributed by atoms with Crippen molar-refractivity contribution in [3.8, 4) is 0 Å². The van der Waals surface area contributed by atoms with Crippen LogP contribution in [0.25, 0.3) is 0 Å². The molecule has 1 aliphatic rings. The van der Waals surface area contributed by atoms with Crippen molar-refractivity contribution in [1.82, 2.24) is 0 Å². The van der Waals surface area contributed by atoms with Crippen LogP contribution in [0.4, 0.5) is 17.1 Å². The van der Waals surface area contributed by atoms with Crippen LogP contribution in [0, 0.1) is 0 Å². The minimum atomic E-state index is -0.0407. The average Bonchev–Trinajstić information content (AvgIpc) is 3.16. The highest BCUT2D eigenvalue weighted by Crippen LogP contribution is 2.33. The third-order valence-corrected chi connectivity index (χ3v) is 5.83. The smallest absolute Gasteiger partial charge is 0.234 e. The number of hydrogen-bond donors (Lipinski definition) is 1. The maximum atomic E-state index is 12.3. The Kier molecular flexibility index (Phi) is 5.46. The van der Waals surface area contributed by atoms with Crippen LogP contribution in [0.3, 0.4) is 0 Å². The third-order valence-electron chi connectivity index (χ3n) is 3.93. The number of para-hydroxylation sites is 3. The van der Waals surface area contributed by atoms with Crippen molar-refractivity contribution < 1.29 is 4.79 Å². The van der Waals surface area contributed by atoms with Gasteiger partial charge in [0.05, 0.1) is 27.9 Å². The Morgan fingerprint density at radius 1 is 0.963 bits per heavy atom. The summed E-state index contributed by atoms with van der Waals surface area (Å²) in [6, 6.07) is 21.4. The lowest BCUT2D eigenvalue weighted by molar-refractivity contribution is -0.113. The zero-order valence-corrected chi connectivity index (χ0v) is 16.1. The predicted molar refractivity (Wildman–Crippen MR) is 116 cm³/mol. The number of fused-ring (bicyclic) bond motifs is 1. The number of benzene rings is 2. The van der Waals surface area contributed by atoms with Crippen LogP contribution in [0.1, 0.15) is 11.3 Å². The number of amides is 1.